The summed E-state index contributed by atoms with van der Waals surface area (Å²) in [5, 5.41) is 10.6. The lowest BCUT2D eigenvalue weighted by Gasteiger charge is -2.09. The second kappa shape index (κ2) is 6.72. The molecule has 0 aliphatic heterocycles. The molecule has 0 bridgehead atoms. The van der Waals surface area contributed by atoms with Crippen molar-refractivity contribution >= 4 is 11.7 Å². The number of nitrogens with zero attached hydrogens (tertiary/aromatic N) is 3. The van der Waals surface area contributed by atoms with E-state index >= 15 is 0 Å². The molecule has 0 fully saturated rings. The van der Waals surface area contributed by atoms with Gasteiger partial charge >= 0.3 is 0 Å². The minimum Gasteiger partial charge on any atom is -0.360 e. The minimum absolute atomic E-state index is 0.205. The van der Waals surface area contributed by atoms with E-state index in [1.807, 2.05) is 32.0 Å². The standard InChI is InChI=1S/C18H18N4O3/c1-11-4-5-14(12(2)8-11)15-6-7-18(24)22(20-15)10-17(23)19-16-9-13(3)25-21-16/h4-9H,10H2,1-3H3,(H,19,21,23). The summed E-state index contributed by atoms with van der Waals surface area (Å²) < 4.78 is 6.03. The van der Waals surface area contributed by atoms with Crippen LogP contribution in [0.5, 0.6) is 0 Å². The maximum absolute atomic E-state index is 12.1. The quantitative estimate of drug-likeness (QED) is 0.789. The van der Waals surface area contributed by atoms with Crippen molar-refractivity contribution in [1.82, 2.24) is 14.9 Å². The van der Waals surface area contributed by atoms with Crippen molar-refractivity contribution in [3.63, 3.8) is 0 Å². The molecule has 0 aliphatic carbocycles. The van der Waals surface area contributed by atoms with E-state index in [0.717, 1.165) is 21.4 Å². The fraction of sp³-hybridized carbons (Fsp3) is 0.222. The predicted octanol–water partition coefficient (Wildman–Crippen LogP) is 2.46. The third kappa shape index (κ3) is 3.82. The van der Waals surface area contributed by atoms with Gasteiger partial charge in [-0.1, -0.05) is 28.9 Å². The summed E-state index contributed by atoms with van der Waals surface area (Å²) in [5.74, 6) is 0.490. The first-order valence-corrected chi connectivity index (χ1v) is 7.81. The Morgan fingerprint density at radius 1 is 1.16 bits per heavy atom. The van der Waals surface area contributed by atoms with Crippen molar-refractivity contribution in [3.8, 4) is 11.3 Å². The maximum atomic E-state index is 12.1. The number of hydrogen-bond donors (Lipinski definition) is 1. The van der Waals surface area contributed by atoms with Gasteiger partial charge in [0.2, 0.25) is 5.91 Å². The van der Waals surface area contributed by atoms with Crippen LogP contribution in [0.25, 0.3) is 11.3 Å². The van der Waals surface area contributed by atoms with E-state index in [2.05, 4.69) is 15.6 Å². The van der Waals surface area contributed by atoms with Crippen molar-refractivity contribution in [1.29, 1.82) is 0 Å². The molecule has 0 aliphatic rings. The third-order valence-electron chi connectivity index (χ3n) is 3.71. The molecule has 128 valence electrons. The molecule has 1 N–H and O–H groups in total. The summed E-state index contributed by atoms with van der Waals surface area (Å²) in [6, 6.07) is 10.7. The Morgan fingerprint density at radius 2 is 1.96 bits per heavy atom. The van der Waals surface area contributed by atoms with Gasteiger partial charge in [0.05, 0.1) is 5.69 Å². The van der Waals surface area contributed by atoms with E-state index in [-0.39, 0.29) is 12.1 Å². The van der Waals surface area contributed by atoms with Crippen LogP contribution in [0.1, 0.15) is 16.9 Å². The van der Waals surface area contributed by atoms with Gasteiger partial charge in [-0.3, -0.25) is 9.59 Å². The largest absolute Gasteiger partial charge is 0.360 e. The molecule has 0 saturated carbocycles. The minimum atomic E-state index is -0.402. The van der Waals surface area contributed by atoms with Gasteiger partial charge in [-0.05, 0) is 32.4 Å². The monoisotopic (exact) mass is 338 g/mol. The highest BCUT2D eigenvalue weighted by molar-refractivity contribution is 5.89. The van der Waals surface area contributed by atoms with Crippen molar-refractivity contribution in [2.45, 2.75) is 27.3 Å². The smallest absolute Gasteiger partial charge is 0.267 e. The average Bonchev–Trinajstić information content (AvgIpc) is 2.94. The molecular formula is C18H18N4O3. The van der Waals surface area contributed by atoms with Gasteiger partial charge in [0.15, 0.2) is 5.82 Å². The summed E-state index contributed by atoms with van der Waals surface area (Å²) in [4.78, 5) is 24.1. The van der Waals surface area contributed by atoms with Gasteiger partial charge in [-0.2, -0.15) is 5.10 Å². The van der Waals surface area contributed by atoms with Crippen LogP contribution in [0.3, 0.4) is 0 Å². The Balaban J connectivity index is 1.84. The van der Waals surface area contributed by atoms with Crippen LogP contribution in [0, 0.1) is 20.8 Å². The molecule has 2 aromatic heterocycles. The highest BCUT2D eigenvalue weighted by Crippen LogP contribution is 2.21. The fourth-order valence-electron chi connectivity index (χ4n) is 2.55. The Labute approximate surface area is 144 Å². The summed E-state index contributed by atoms with van der Waals surface area (Å²) in [5.41, 5.74) is 3.42. The van der Waals surface area contributed by atoms with Crippen LogP contribution in [-0.2, 0) is 11.3 Å². The molecule has 3 rings (SSSR count). The lowest BCUT2D eigenvalue weighted by molar-refractivity contribution is -0.117. The van der Waals surface area contributed by atoms with Crippen LogP contribution in [0.4, 0.5) is 5.82 Å². The first-order valence-electron chi connectivity index (χ1n) is 7.81. The molecule has 0 atom stereocenters. The lowest BCUT2D eigenvalue weighted by atomic mass is 10.0. The van der Waals surface area contributed by atoms with E-state index in [9.17, 15) is 9.59 Å². The van der Waals surface area contributed by atoms with E-state index in [0.29, 0.717) is 17.3 Å². The topological polar surface area (TPSA) is 90.0 Å². The molecular weight excluding hydrogens is 320 g/mol. The normalized spacial score (nSPS) is 10.7. The number of aromatic nitrogens is 3. The molecule has 2 heterocycles. The van der Waals surface area contributed by atoms with Crippen LogP contribution >= 0.6 is 0 Å². The van der Waals surface area contributed by atoms with Crippen molar-refractivity contribution in [3.05, 3.63) is 63.6 Å². The zero-order valence-corrected chi connectivity index (χ0v) is 14.2. The number of anilines is 1. The Morgan fingerprint density at radius 3 is 2.64 bits per heavy atom. The number of hydrogen-bond acceptors (Lipinski definition) is 5. The molecule has 25 heavy (non-hydrogen) atoms. The molecule has 0 saturated heterocycles. The van der Waals surface area contributed by atoms with Crippen LogP contribution in [-0.4, -0.2) is 20.8 Å². The Kier molecular flexibility index (Phi) is 4.47. The molecule has 7 nitrogen and oxygen atoms in total. The van der Waals surface area contributed by atoms with Crippen molar-refractivity contribution in [2.24, 2.45) is 0 Å². The third-order valence-corrected chi connectivity index (χ3v) is 3.71. The van der Waals surface area contributed by atoms with Crippen LogP contribution in [0.15, 0.2) is 45.7 Å². The van der Waals surface area contributed by atoms with E-state index in [4.69, 9.17) is 4.52 Å². The number of aryl methyl sites for hydroxylation is 3. The van der Waals surface area contributed by atoms with Gasteiger partial charge in [0.25, 0.3) is 5.56 Å². The number of amides is 1. The Bertz CT molecular complexity index is 988. The number of rotatable bonds is 4. The van der Waals surface area contributed by atoms with Gasteiger partial charge < -0.3 is 9.84 Å². The van der Waals surface area contributed by atoms with Gasteiger partial charge in [-0.25, -0.2) is 4.68 Å². The molecule has 0 spiro atoms. The first kappa shape index (κ1) is 16.6. The van der Waals surface area contributed by atoms with Gasteiger partial charge in [0.1, 0.15) is 12.3 Å². The molecule has 7 heteroatoms. The summed E-state index contributed by atoms with van der Waals surface area (Å²) >= 11 is 0. The van der Waals surface area contributed by atoms with E-state index in [1.54, 1.807) is 19.1 Å². The van der Waals surface area contributed by atoms with Crippen LogP contribution < -0.4 is 10.9 Å². The van der Waals surface area contributed by atoms with Gasteiger partial charge in [-0.15, -0.1) is 0 Å². The first-order chi connectivity index (χ1) is 11.9. The second-order valence-electron chi connectivity index (χ2n) is 5.90. The highest BCUT2D eigenvalue weighted by Gasteiger charge is 2.11. The average molecular weight is 338 g/mol. The molecule has 3 aromatic rings. The molecule has 0 radical (unpaired) electrons. The SMILES string of the molecule is Cc1ccc(-c2ccc(=O)n(CC(=O)Nc3cc(C)on3)n2)c(C)c1. The lowest BCUT2D eigenvalue weighted by Crippen LogP contribution is -2.29. The zero-order chi connectivity index (χ0) is 18.0. The van der Waals surface area contributed by atoms with Crippen molar-refractivity contribution in [2.75, 3.05) is 5.32 Å². The Hall–Kier alpha value is -3.22. The fourth-order valence-corrected chi connectivity index (χ4v) is 2.55. The molecule has 0 unspecified atom stereocenters. The number of nitrogens with one attached hydrogen (secondary N) is 1. The highest BCUT2D eigenvalue weighted by atomic mass is 16.5. The molecule has 1 amide bonds. The summed E-state index contributed by atoms with van der Waals surface area (Å²) in [6.07, 6.45) is 0. The van der Waals surface area contributed by atoms with Crippen molar-refractivity contribution < 1.29 is 9.32 Å². The zero-order valence-electron chi connectivity index (χ0n) is 14.2. The van der Waals surface area contributed by atoms with Gasteiger partial charge in [0, 0.05) is 17.7 Å². The van der Waals surface area contributed by atoms with E-state index in [1.165, 1.54) is 6.07 Å². The molecule has 1 aromatic carbocycles. The summed E-state index contributed by atoms with van der Waals surface area (Å²) in [7, 11) is 0. The predicted molar refractivity (Wildman–Crippen MR) is 93.3 cm³/mol. The number of carbonyl (C=O) groups excluding carboxylic acids is 1. The van der Waals surface area contributed by atoms with E-state index < -0.39 is 5.91 Å². The summed E-state index contributed by atoms with van der Waals surface area (Å²) in [6.45, 7) is 5.52. The van der Waals surface area contributed by atoms with Crippen LogP contribution in [0.2, 0.25) is 0 Å². The number of benzene rings is 1. The number of carbonyl (C=O) groups is 1. The second-order valence-corrected chi connectivity index (χ2v) is 5.90. The maximum Gasteiger partial charge on any atom is 0.267 e.